The van der Waals surface area contributed by atoms with Gasteiger partial charge >= 0.3 is 0 Å². The zero-order valence-corrected chi connectivity index (χ0v) is 29.1. The van der Waals surface area contributed by atoms with Crippen molar-refractivity contribution in [2.45, 2.75) is 167 Å². The first kappa shape index (κ1) is 41.0. The molecule has 0 aliphatic carbocycles. The van der Waals surface area contributed by atoms with Crippen LogP contribution in [0.4, 0.5) is 0 Å². The van der Waals surface area contributed by atoms with Gasteiger partial charge in [-0.3, -0.25) is 4.79 Å². The summed E-state index contributed by atoms with van der Waals surface area (Å²) in [5.41, 5.74) is -0.202. The monoisotopic (exact) mass is 620 g/mol. The number of carbonyl (C=O) groups is 1. The van der Waals surface area contributed by atoms with Gasteiger partial charge < -0.3 is 20.1 Å². The van der Waals surface area contributed by atoms with Gasteiger partial charge in [0.2, 0.25) is 5.91 Å². The van der Waals surface area contributed by atoms with E-state index in [2.05, 4.69) is 24.1 Å². The molecule has 7 heteroatoms. The molecule has 0 aromatic heterocycles. The standard InChI is InChI=1S/C34H69ClN2O3S/c1-34(2,40-3)32-36-27-26-33(39)37(28-22-18-14-10-6-4-8-12-16-20-24-30-38)29-23-19-15-11-7-5-9-13-17-21-25-31-41-35/h36,38H,4-32H2,1-3H3. The summed E-state index contributed by atoms with van der Waals surface area (Å²) < 4.78 is 5.48. The third-order valence-corrected chi connectivity index (χ3v) is 9.11. The lowest BCUT2D eigenvalue weighted by atomic mass is 10.1. The number of nitrogens with zero attached hydrogens (tertiary/aromatic N) is 1. The van der Waals surface area contributed by atoms with Crippen LogP contribution in [0.5, 0.6) is 0 Å². The lowest BCUT2D eigenvalue weighted by Crippen LogP contribution is -2.39. The summed E-state index contributed by atoms with van der Waals surface area (Å²) in [5.74, 6) is 1.39. The van der Waals surface area contributed by atoms with E-state index in [9.17, 15) is 4.79 Å². The van der Waals surface area contributed by atoms with E-state index in [-0.39, 0.29) is 5.60 Å². The molecule has 0 fully saturated rings. The summed E-state index contributed by atoms with van der Waals surface area (Å²) in [4.78, 5) is 15.2. The number of amides is 1. The zero-order valence-electron chi connectivity index (χ0n) is 27.5. The fraction of sp³-hybridized carbons (Fsp3) is 0.971. The Bertz CT molecular complexity index is 554. The minimum atomic E-state index is -0.202. The molecule has 246 valence electrons. The van der Waals surface area contributed by atoms with Crippen LogP contribution in [0.25, 0.3) is 0 Å². The molecule has 41 heavy (non-hydrogen) atoms. The van der Waals surface area contributed by atoms with Gasteiger partial charge in [0, 0.05) is 52.1 Å². The van der Waals surface area contributed by atoms with Crippen molar-refractivity contribution < 1.29 is 14.6 Å². The van der Waals surface area contributed by atoms with Crippen molar-refractivity contribution in [2.75, 3.05) is 45.6 Å². The SMILES string of the molecule is COC(C)(C)CNCCC(=O)N(CCCCCCCCCCCCCO)CCCCCCCCCCCCCSCl. The van der Waals surface area contributed by atoms with E-state index in [0.29, 0.717) is 25.5 Å². The second kappa shape index (κ2) is 31.4. The highest BCUT2D eigenvalue weighted by Gasteiger charge is 2.17. The average Bonchev–Trinajstić information content (AvgIpc) is 2.97. The number of nitrogens with one attached hydrogen (secondary N) is 1. The maximum Gasteiger partial charge on any atom is 0.223 e. The first-order valence-electron chi connectivity index (χ1n) is 17.3. The van der Waals surface area contributed by atoms with Gasteiger partial charge in [-0.15, -0.1) is 0 Å². The molecule has 0 unspecified atom stereocenters. The van der Waals surface area contributed by atoms with Crippen molar-refractivity contribution >= 4 is 27.6 Å². The van der Waals surface area contributed by atoms with Crippen molar-refractivity contribution in [3.8, 4) is 0 Å². The van der Waals surface area contributed by atoms with Gasteiger partial charge in [-0.2, -0.15) is 0 Å². The number of unbranched alkanes of at least 4 members (excludes halogenated alkanes) is 20. The number of aliphatic hydroxyl groups is 1. The van der Waals surface area contributed by atoms with E-state index in [1.165, 1.54) is 133 Å². The number of aliphatic hydroxyl groups excluding tert-OH is 1. The zero-order chi connectivity index (χ0) is 30.3. The molecule has 0 spiro atoms. The van der Waals surface area contributed by atoms with Crippen molar-refractivity contribution in [1.82, 2.24) is 10.2 Å². The van der Waals surface area contributed by atoms with Gasteiger partial charge in [-0.1, -0.05) is 127 Å². The predicted molar refractivity (Wildman–Crippen MR) is 182 cm³/mol. The minimum absolute atomic E-state index is 0.202. The van der Waals surface area contributed by atoms with Crippen LogP contribution in [-0.4, -0.2) is 67.2 Å². The molecule has 0 aromatic rings. The topological polar surface area (TPSA) is 61.8 Å². The van der Waals surface area contributed by atoms with E-state index in [1.54, 1.807) is 7.11 Å². The van der Waals surface area contributed by atoms with Crippen LogP contribution in [0.1, 0.15) is 162 Å². The average molecular weight is 621 g/mol. The number of methoxy groups -OCH3 is 1. The lowest BCUT2D eigenvalue weighted by molar-refractivity contribution is -0.131. The van der Waals surface area contributed by atoms with Crippen LogP contribution in [0.15, 0.2) is 0 Å². The first-order chi connectivity index (χ1) is 20.0. The molecule has 5 nitrogen and oxygen atoms in total. The predicted octanol–water partition coefficient (Wildman–Crippen LogP) is 9.68. The van der Waals surface area contributed by atoms with E-state index < -0.39 is 0 Å². The summed E-state index contributed by atoms with van der Waals surface area (Å²) in [7, 11) is 8.84. The Morgan fingerprint density at radius 3 is 1.49 bits per heavy atom. The Balaban J connectivity index is 4.08. The quantitative estimate of drug-likeness (QED) is 0.0715. The summed E-state index contributed by atoms with van der Waals surface area (Å²) in [6, 6.07) is 0. The van der Waals surface area contributed by atoms with Crippen molar-refractivity contribution in [3.05, 3.63) is 0 Å². The number of halogens is 1. The number of carbonyl (C=O) groups excluding carboxylic acids is 1. The van der Waals surface area contributed by atoms with E-state index in [0.717, 1.165) is 44.6 Å². The van der Waals surface area contributed by atoms with Crippen molar-refractivity contribution in [2.24, 2.45) is 0 Å². The molecule has 0 aliphatic heterocycles. The molecular formula is C34H69ClN2O3S. The maximum atomic E-state index is 13.1. The van der Waals surface area contributed by atoms with E-state index >= 15 is 0 Å². The van der Waals surface area contributed by atoms with Gasteiger partial charge in [-0.05, 0) is 50.2 Å². The molecule has 0 atom stereocenters. The van der Waals surface area contributed by atoms with Crippen LogP contribution in [-0.2, 0) is 9.53 Å². The molecular weight excluding hydrogens is 552 g/mol. The molecule has 0 saturated carbocycles. The highest BCUT2D eigenvalue weighted by atomic mass is 35.7. The Hall–Kier alpha value is -0.0100. The molecule has 1 amide bonds. The highest BCUT2D eigenvalue weighted by molar-refractivity contribution is 8.21. The van der Waals surface area contributed by atoms with Crippen LogP contribution >= 0.6 is 21.7 Å². The fourth-order valence-electron chi connectivity index (χ4n) is 5.23. The largest absolute Gasteiger partial charge is 0.396 e. The third kappa shape index (κ3) is 29.8. The fourth-order valence-corrected chi connectivity index (χ4v) is 5.87. The Morgan fingerprint density at radius 2 is 1.10 bits per heavy atom. The highest BCUT2D eigenvalue weighted by Crippen LogP contribution is 2.15. The van der Waals surface area contributed by atoms with Crippen LogP contribution < -0.4 is 5.32 Å². The second-order valence-corrected chi connectivity index (χ2v) is 13.9. The van der Waals surface area contributed by atoms with Gasteiger partial charge in [0.05, 0.1) is 5.60 Å². The normalized spacial score (nSPS) is 11.8. The smallest absolute Gasteiger partial charge is 0.223 e. The molecule has 0 bridgehead atoms. The van der Waals surface area contributed by atoms with Gasteiger partial charge in [0.25, 0.3) is 0 Å². The Morgan fingerprint density at radius 1 is 0.707 bits per heavy atom. The van der Waals surface area contributed by atoms with Crippen molar-refractivity contribution in [1.29, 1.82) is 0 Å². The Labute approximate surface area is 264 Å². The molecule has 0 radical (unpaired) electrons. The molecule has 0 heterocycles. The van der Waals surface area contributed by atoms with Crippen LogP contribution in [0.2, 0.25) is 0 Å². The number of rotatable bonds is 33. The molecule has 0 aromatic carbocycles. The van der Waals surface area contributed by atoms with Crippen LogP contribution in [0.3, 0.4) is 0 Å². The van der Waals surface area contributed by atoms with Gasteiger partial charge in [-0.25, -0.2) is 0 Å². The summed E-state index contributed by atoms with van der Waals surface area (Å²) >= 11 is 0. The maximum absolute atomic E-state index is 13.1. The van der Waals surface area contributed by atoms with Crippen molar-refractivity contribution in [3.63, 3.8) is 0 Å². The van der Waals surface area contributed by atoms with E-state index in [4.69, 9.17) is 20.5 Å². The second-order valence-electron chi connectivity index (χ2n) is 12.6. The molecule has 0 saturated heterocycles. The first-order valence-corrected chi connectivity index (χ1v) is 19.2. The minimum Gasteiger partial charge on any atom is -0.396 e. The van der Waals surface area contributed by atoms with E-state index in [1.807, 2.05) is 0 Å². The van der Waals surface area contributed by atoms with Gasteiger partial charge in [0.15, 0.2) is 0 Å². The van der Waals surface area contributed by atoms with Crippen LogP contribution in [0, 0.1) is 0 Å². The summed E-state index contributed by atoms with van der Waals surface area (Å²) in [6.45, 7) is 7.77. The number of ether oxygens (including phenoxy) is 1. The lowest BCUT2D eigenvalue weighted by Gasteiger charge is -2.25. The number of hydrogen-bond acceptors (Lipinski definition) is 5. The summed E-state index contributed by atoms with van der Waals surface area (Å²) in [6.07, 6.45) is 28.6. The molecule has 2 N–H and O–H groups in total. The third-order valence-electron chi connectivity index (χ3n) is 8.21. The Kier molecular flexibility index (Phi) is 31.4. The molecule has 0 aliphatic rings. The number of hydrogen-bond donors (Lipinski definition) is 2. The van der Waals surface area contributed by atoms with Gasteiger partial charge in [0.1, 0.15) is 0 Å². The summed E-state index contributed by atoms with van der Waals surface area (Å²) in [5, 5.41) is 12.3. The molecule has 0 rings (SSSR count).